The third kappa shape index (κ3) is 3.44. The molecular weight excluding hydrogens is 264 g/mol. The summed E-state index contributed by atoms with van der Waals surface area (Å²) in [6.07, 6.45) is 2.54. The average Bonchev–Trinajstić information content (AvgIpc) is 2.84. The highest BCUT2D eigenvalue weighted by atomic mass is 15.3. The van der Waals surface area contributed by atoms with Gasteiger partial charge in [-0.1, -0.05) is 13.8 Å². The van der Waals surface area contributed by atoms with Crippen LogP contribution in [0.3, 0.4) is 0 Å². The van der Waals surface area contributed by atoms with E-state index in [-0.39, 0.29) is 5.92 Å². The molecule has 6 nitrogen and oxygen atoms in total. The van der Waals surface area contributed by atoms with E-state index >= 15 is 0 Å². The van der Waals surface area contributed by atoms with E-state index < -0.39 is 0 Å². The third-order valence-electron chi connectivity index (χ3n) is 4.31. The predicted octanol–water partition coefficient (Wildman–Crippen LogP) is 1.72. The minimum absolute atomic E-state index is 0.277. The van der Waals surface area contributed by atoms with Crippen molar-refractivity contribution < 1.29 is 0 Å². The zero-order valence-corrected chi connectivity index (χ0v) is 13.8. The van der Waals surface area contributed by atoms with Crippen LogP contribution in [-0.4, -0.2) is 48.1 Å². The monoisotopic (exact) mass is 292 g/mol. The summed E-state index contributed by atoms with van der Waals surface area (Å²) in [5.41, 5.74) is 3.70. The van der Waals surface area contributed by atoms with Crippen LogP contribution in [0.25, 0.3) is 0 Å². The van der Waals surface area contributed by atoms with Gasteiger partial charge in [0.15, 0.2) is 0 Å². The molecule has 6 heteroatoms. The summed E-state index contributed by atoms with van der Waals surface area (Å²) in [5, 5.41) is 0. The number of nitrogens with zero attached hydrogens (tertiary/aromatic N) is 4. The fraction of sp³-hybridized carbons (Fsp3) is 0.733. The highest BCUT2D eigenvalue weighted by Gasteiger charge is 2.24. The van der Waals surface area contributed by atoms with E-state index in [1.807, 2.05) is 6.92 Å². The van der Waals surface area contributed by atoms with Gasteiger partial charge < -0.3 is 15.2 Å². The average molecular weight is 292 g/mol. The van der Waals surface area contributed by atoms with Gasteiger partial charge in [0.25, 0.3) is 0 Å². The van der Waals surface area contributed by atoms with Gasteiger partial charge in [0.2, 0.25) is 0 Å². The molecule has 3 N–H and O–H groups in total. The maximum atomic E-state index is 5.61. The smallest absolute Gasteiger partial charge is 0.148 e. The van der Waals surface area contributed by atoms with Gasteiger partial charge in [-0.3, -0.25) is 0 Å². The molecule has 2 rings (SSSR count). The molecule has 1 fully saturated rings. The number of nitrogen functional groups attached to an aromatic ring is 1. The number of rotatable bonds is 5. The van der Waals surface area contributed by atoms with Gasteiger partial charge in [-0.25, -0.2) is 15.8 Å². The lowest BCUT2D eigenvalue weighted by Crippen LogP contribution is -2.37. The highest BCUT2D eigenvalue weighted by molar-refractivity contribution is 5.58. The second-order valence-corrected chi connectivity index (χ2v) is 6.34. The SMILES string of the molecule is Cc1c(NN)nc(C(C)C)nc1N(C)CC1CCCN1C. The first kappa shape index (κ1) is 16.0. The van der Waals surface area contributed by atoms with Crippen molar-refractivity contribution in [1.82, 2.24) is 14.9 Å². The van der Waals surface area contributed by atoms with Crippen LogP contribution in [0.5, 0.6) is 0 Å². The molecule has 1 aliphatic rings. The number of hydrazine groups is 1. The van der Waals surface area contributed by atoms with Crippen LogP contribution >= 0.6 is 0 Å². The maximum Gasteiger partial charge on any atom is 0.148 e. The van der Waals surface area contributed by atoms with Crippen molar-refractivity contribution in [3.63, 3.8) is 0 Å². The second-order valence-electron chi connectivity index (χ2n) is 6.34. The van der Waals surface area contributed by atoms with E-state index in [0.29, 0.717) is 6.04 Å². The van der Waals surface area contributed by atoms with Gasteiger partial charge in [-0.15, -0.1) is 0 Å². The molecule has 0 bridgehead atoms. The van der Waals surface area contributed by atoms with Crippen molar-refractivity contribution in [1.29, 1.82) is 0 Å². The third-order valence-corrected chi connectivity index (χ3v) is 4.31. The predicted molar refractivity (Wildman–Crippen MR) is 87.6 cm³/mol. The molecule has 21 heavy (non-hydrogen) atoms. The quantitative estimate of drug-likeness (QED) is 0.636. The molecular formula is C15H28N6. The van der Waals surface area contributed by atoms with Gasteiger partial charge in [0, 0.05) is 31.1 Å². The van der Waals surface area contributed by atoms with Crippen LogP contribution in [0.4, 0.5) is 11.6 Å². The zero-order chi connectivity index (χ0) is 15.6. The second kappa shape index (κ2) is 6.58. The Balaban J connectivity index is 2.26. The lowest BCUT2D eigenvalue weighted by Gasteiger charge is -2.28. The van der Waals surface area contributed by atoms with Gasteiger partial charge in [0.05, 0.1) is 0 Å². The lowest BCUT2D eigenvalue weighted by molar-refractivity contribution is 0.314. The number of likely N-dealkylation sites (tertiary alicyclic amines) is 1. The Morgan fingerprint density at radius 3 is 2.67 bits per heavy atom. The summed E-state index contributed by atoms with van der Waals surface area (Å²) in [6.45, 7) is 8.38. The van der Waals surface area contributed by atoms with Gasteiger partial charge in [0.1, 0.15) is 17.5 Å². The Morgan fingerprint density at radius 2 is 2.14 bits per heavy atom. The fourth-order valence-electron chi connectivity index (χ4n) is 2.90. The highest BCUT2D eigenvalue weighted by Crippen LogP contribution is 2.26. The summed E-state index contributed by atoms with van der Waals surface area (Å²) in [7, 11) is 4.30. The maximum absolute atomic E-state index is 5.61. The van der Waals surface area contributed by atoms with E-state index in [1.54, 1.807) is 0 Å². The van der Waals surface area contributed by atoms with Crippen LogP contribution in [0, 0.1) is 6.92 Å². The first-order valence-electron chi connectivity index (χ1n) is 7.70. The molecule has 1 atom stereocenters. The van der Waals surface area contributed by atoms with Crippen molar-refractivity contribution in [2.24, 2.45) is 5.84 Å². The summed E-state index contributed by atoms with van der Waals surface area (Å²) >= 11 is 0. The molecule has 0 aliphatic carbocycles. The summed E-state index contributed by atoms with van der Waals surface area (Å²) in [6, 6.07) is 0.598. The van der Waals surface area contributed by atoms with E-state index in [1.165, 1.54) is 19.4 Å². The number of aromatic nitrogens is 2. The molecule has 1 aliphatic heterocycles. The Labute approximate surface area is 127 Å². The largest absolute Gasteiger partial charge is 0.358 e. The van der Waals surface area contributed by atoms with Crippen LogP contribution in [0.15, 0.2) is 0 Å². The molecule has 0 saturated carbocycles. The number of nitrogens with two attached hydrogens (primary N) is 1. The topological polar surface area (TPSA) is 70.3 Å². The van der Waals surface area contributed by atoms with Crippen molar-refractivity contribution >= 4 is 11.6 Å². The number of hydrogen-bond donors (Lipinski definition) is 2. The summed E-state index contributed by atoms with van der Waals surface area (Å²) in [4.78, 5) is 13.9. The van der Waals surface area contributed by atoms with E-state index in [2.05, 4.69) is 48.2 Å². The first-order chi connectivity index (χ1) is 9.93. The molecule has 0 spiro atoms. The van der Waals surface area contributed by atoms with Crippen molar-refractivity contribution in [2.45, 2.75) is 45.6 Å². The van der Waals surface area contributed by atoms with E-state index in [0.717, 1.165) is 29.6 Å². The Hall–Kier alpha value is -1.40. The van der Waals surface area contributed by atoms with Crippen molar-refractivity contribution in [3.05, 3.63) is 11.4 Å². The van der Waals surface area contributed by atoms with Crippen LogP contribution < -0.4 is 16.2 Å². The molecule has 1 aromatic heterocycles. The summed E-state index contributed by atoms with van der Waals surface area (Å²) in [5.74, 6) is 8.41. The van der Waals surface area contributed by atoms with Crippen LogP contribution in [-0.2, 0) is 0 Å². The molecule has 118 valence electrons. The van der Waals surface area contributed by atoms with Crippen molar-refractivity contribution in [3.8, 4) is 0 Å². The lowest BCUT2D eigenvalue weighted by atomic mass is 10.1. The molecule has 0 amide bonds. The standard InChI is InChI=1S/C15H28N6/c1-10(2)13-17-14(19-16)11(3)15(18-13)21(5)9-12-7-6-8-20(12)4/h10,12H,6-9,16H2,1-5H3,(H,17,18,19). The normalized spacial score (nSPS) is 19.3. The first-order valence-corrected chi connectivity index (χ1v) is 7.70. The Kier molecular flexibility index (Phi) is 5.00. The van der Waals surface area contributed by atoms with E-state index in [4.69, 9.17) is 10.8 Å². The zero-order valence-electron chi connectivity index (χ0n) is 13.8. The number of hydrogen-bond acceptors (Lipinski definition) is 6. The van der Waals surface area contributed by atoms with E-state index in [9.17, 15) is 0 Å². The van der Waals surface area contributed by atoms with Gasteiger partial charge in [-0.05, 0) is 33.4 Å². The molecule has 1 aromatic rings. The molecule has 0 aromatic carbocycles. The Bertz CT molecular complexity index is 487. The van der Waals surface area contributed by atoms with Gasteiger partial charge in [-0.2, -0.15) is 0 Å². The molecule has 1 saturated heterocycles. The molecule has 2 heterocycles. The molecule has 0 radical (unpaired) electrons. The number of likely N-dealkylation sites (N-methyl/N-ethyl adjacent to an activating group) is 2. The Morgan fingerprint density at radius 1 is 1.43 bits per heavy atom. The van der Waals surface area contributed by atoms with Crippen molar-refractivity contribution in [2.75, 3.05) is 37.5 Å². The molecule has 1 unspecified atom stereocenters. The minimum atomic E-state index is 0.277. The fourth-order valence-corrected chi connectivity index (χ4v) is 2.90. The summed E-state index contributed by atoms with van der Waals surface area (Å²) < 4.78 is 0. The van der Waals surface area contributed by atoms with Gasteiger partial charge >= 0.3 is 0 Å². The van der Waals surface area contributed by atoms with Crippen LogP contribution in [0.1, 0.15) is 44.0 Å². The number of nitrogens with one attached hydrogen (secondary N) is 1. The number of anilines is 2. The van der Waals surface area contributed by atoms with Crippen LogP contribution in [0.2, 0.25) is 0 Å². The minimum Gasteiger partial charge on any atom is -0.358 e.